The van der Waals surface area contributed by atoms with E-state index in [1.54, 1.807) is 6.07 Å². The minimum atomic E-state index is -3.25. The molecule has 2 N–H and O–H groups in total. The lowest BCUT2D eigenvalue weighted by atomic mass is 10.2. The summed E-state index contributed by atoms with van der Waals surface area (Å²) >= 11 is 0. The molecule has 130 valence electrons. The first-order valence-electron chi connectivity index (χ1n) is 6.53. The van der Waals surface area contributed by atoms with E-state index in [9.17, 15) is 18.0 Å². The first kappa shape index (κ1) is 18.0. The Morgan fingerprint density at radius 2 is 2.12 bits per heavy atom. The normalized spacial score (nSPS) is 10.2. The molecule has 0 saturated heterocycles. The highest BCUT2D eigenvalue weighted by atomic mass is 19.3. The molecule has 0 saturated carbocycles. The maximum Gasteiger partial charge on any atom is 0.388 e. The number of pyridine rings is 2. The second-order valence-corrected chi connectivity index (χ2v) is 4.45. The molecule has 2 aromatic heterocycles. The van der Waals surface area contributed by atoms with E-state index in [1.165, 1.54) is 6.07 Å². The second-order valence-electron chi connectivity index (χ2n) is 4.45. The minimum Gasteiger partial charge on any atom is -0.414 e. The fraction of sp³-hybridized carbons (Fsp3) is 0.143. The van der Waals surface area contributed by atoms with Gasteiger partial charge in [-0.1, -0.05) is 0 Å². The van der Waals surface area contributed by atoms with Crippen molar-refractivity contribution >= 4 is 5.91 Å². The number of hydrogen-bond donors (Lipinski definition) is 2. The van der Waals surface area contributed by atoms with Crippen LogP contribution >= 0.6 is 0 Å². The maximum absolute atomic E-state index is 13.6. The van der Waals surface area contributed by atoms with Crippen molar-refractivity contribution < 1.29 is 32.8 Å². The van der Waals surface area contributed by atoms with Gasteiger partial charge < -0.3 is 14.9 Å². The smallest absolute Gasteiger partial charge is 0.388 e. The number of amides is 1. The third-order valence-corrected chi connectivity index (χ3v) is 2.87. The molecule has 1 amide bonds. The van der Waals surface area contributed by atoms with Crippen molar-refractivity contribution in [1.82, 2.24) is 15.3 Å². The highest BCUT2D eigenvalue weighted by Gasteiger charge is 2.16. The number of nitrogens with one attached hydrogen (secondary N) is 1. The van der Waals surface area contributed by atoms with Gasteiger partial charge in [-0.2, -0.15) is 14.0 Å². The molecular weight excluding hydrogens is 345 g/mol. The largest absolute Gasteiger partial charge is 0.414 e. The first-order chi connectivity index (χ1) is 11.9. The summed E-state index contributed by atoms with van der Waals surface area (Å²) in [6.45, 7) is -3.44. The number of aromatic nitrogens is 2. The average Bonchev–Trinajstić information content (AvgIpc) is 2.60. The summed E-state index contributed by atoms with van der Waals surface area (Å²) < 4.78 is 41.5. The molecule has 8 nitrogen and oxygen atoms in total. The van der Waals surface area contributed by atoms with Crippen LogP contribution < -0.4 is 14.9 Å². The lowest BCUT2D eigenvalue weighted by Crippen LogP contribution is -2.23. The molecule has 11 heteroatoms. The van der Waals surface area contributed by atoms with Gasteiger partial charge in [0.05, 0.1) is 11.8 Å². The molecule has 0 aromatic carbocycles. The lowest BCUT2D eigenvalue weighted by molar-refractivity contribution is -0.138. The molecule has 0 aliphatic heterocycles. The molecule has 2 rings (SSSR count). The van der Waals surface area contributed by atoms with Crippen molar-refractivity contribution in [2.45, 2.75) is 13.2 Å². The molecular formula is C14H9F3N4O4. The van der Waals surface area contributed by atoms with Gasteiger partial charge in [0.2, 0.25) is 0 Å². The van der Waals surface area contributed by atoms with Gasteiger partial charge in [-0.3, -0.25) is 4.79 Å². The number of alkyl halides is 2. The molecule has 2 heterocycles. The van der Waals surface area contributed by atoms with Gasteiger partial charge in [0, 0.05) is 18.3 Å². The first-order valence-corrected chi connectivity index (χ1v) is 6.53. The van der Waals surface area contributed by atoms with Crippen molar-refractivity contribution in [3.8, 4) is 17.7 Å². The zero-order valence-electron chi connectivity index (χ0n) is 12.2. The Balaban J connectivity index is 2.10. The Bertz CT molecular complexity index is 826. The Kier molecular flexibility index (Phi) is 5.70. The number of nitriles is 1. The van der Waals surface area contributed by atoms with Crippen LogP contribution in [-0.2, 0) is 6.54 Å². The van der Waals surface area contributed by atoms with Crippen molar-refractivity contribution in [3.63, 3.8) is 0 Å². The van der Waals surface area contributed by atoms with Crippen molar-refractivity contribution in [2.24, 2.45) is 0 Å². The van der Waals surface area contributed by atoms with Crippen LogP contribution in [0.5, 0.6) is 11.6 Å². The molecule has 2 aromatic rings. The van der Waals surface area contributed by atoms with Gasteiger partial charge in [0.25, 0.3) is 11.8 Å². The summed E-state index contributed by atoms with van der Waals surface area (Å²) in [6, 6.07) is 3.72. The van der Waals surface area contributed by atoms with Crippen LogP contribution in [0.4, 0.5) is 13.2 Å². The number of carbonyl (C=O) groups is 1. The number of halogens is 3. The maximum atomic E-state index is 13.6. The quantitative estimate of drug-likeness (QED) is 0.601. The Morgan fingerprint density at radius 1 is 1.36 bits per heavy atom. The molecule has 0 bridgehead atoms. The highest BCUT2D eigenvalue weighted by molar-refractivity contribution is 5.93. The number of nitrogens with zero attached hydrogens (tertiary/aromatic N) is 3. The number of hydrogen-bond acceptors (Lipinski definition) is 7. The second kappa shape index (κ2) is 7.93. The third kappa shape index (κ3) is 4.55. The molecule has 0 fully saturated rings. The number of rotatable bonds is 6. The molecule has 0 radical (unpaired) electrons. The zero-order valence-corrected chi connectivity index (χ0v) is 12.2. The number of ether oxygens (including phenoxy) is 1. The van der Waals surface area contributed by atoms with Crippen molar-refractivity contribution in [1.29, 1.82) is 5.26 Å². The minimum absolute atomic E-state index is 0.0197. The van der Waals surface area contributed by atoms with E-state index in [2.05, 4.69) is 24.9 Å². The van der Waals surface area contributed by atoms with Crippen LogP contribution in [0.15, 0.2) is 24.5 Å². The highest BCUT2D eigenvalue weighted by Crippen LogP contribution is 2.19. The van der Waals surface area contributed by atoms with E-state index in [0.717, 1.165) is 12.4 Å². The Morgan fingerprint density at radius 3 is 2.72 bits per heavy atom. The van der Waals surface area contributed by atoms with Crippen LogP contribution in [0.3, 0.4) is 0 Å². The molecule has 0 unspecified atom stereocenters. The van der Waals surface area contributed by atoms with Gasteiger partial charge in [-0.15, -0.1) is 0 Å². The summed E-state index contributed by atoms with van der Waals surface area (Å²) in [4.78, 5) is 23.0. The standard InChI is InChI=1S/C14H9F3N4O4/c15-10-2-8(5-21-13(10)24-14(16)17)12(22)20-4-7-1-9(3-18)19-6-11(7)25-23/h1-2,5-6,14,23H,4H2,(H,20,22). The van der Waals surface area contributed by atoms with Gasteiger partial charge in [-0.05, 0) is 12.1 Å². The van der Waals surface area contributed by atoms with Crippen molar-refractivity contribution in [3.05, 3.63) is 47.2 Å². The predicted octanol–water partition coefficient (Wildman–Crippen LogP) is 1.87. The summed E-state index contributed by atoms with van der Waals surface area (Å²) in [7, 11) is 0. The summed E-state index contributed by atoms with van der Waals surface area (Å²) in [5.74, 6) is -3.04. The molecule has 25 heavy (non-hydrogen) atoms. The monoisotopic (exact) mass is 354 g/mol. The summed E-state index contributed by atoms with van der Waals surface area (Å²) in [5, 5.41) is 19.9. The molecule has 0 aliphatic carbocycles. The fourth-order valence-corrected chi connectivity index (χ4v) is 1.76. The lowest BCUT2D eigenvalue weighted by Gasteiger charge is -2.09. The van der Waals surface area contributed by atoms with Gasteiger partial charge >= 0.3 is 6.61 Å². The molecule has 0 spiro atoms. The average molecular weight is 354 g/mol. The van der Waals surface area contributed by atoms with Crippen LogP contribution in [-0.4, -0.2) is 27.7 Å². The third-order valence-electron chi connectivity index (χ3n) is 2.87. The van der Waals surface area contributed by atoms with E-state index >= 15 is 0 Å². The predicted molar refractivity (Wildman–Crippen MR) is 74.2 cm³/mol. The fourth-order valence-electron chi connectivity index (χ4n) is 1.76. The van der Waals surface area contributed by atoms with Crippen LogP contribution in [0, 0.1) is 17.1 Å². The van der Waals surface area contributed by atoms with Gasteiger partial charge in [0.1, 0.15) is 11.8 Å². The van der Waals surface area contributed by atoms with Gasteiger partial charge in [0.15, 0.2) is 11.6 Å². The SMILES string of the molecule is N#Cc1cc(CNC(=O)c2cnc(OC(F)F)c(F)c2)c(OO)cn1. The topological polar surface area (TPSA) is 117 Å². The zero-order chi connectivity index (χ0) is 18.4. The van der Waals surface area contributed by atoms with Crippen LogP contribution in [0.25, 0.3) is 0 Å². The van der Waals surface area contributed by atoms with E-state index in [-0.39, 0.29) is 29.1 Å². The summed E-state index contributed by atoms with van der Waals surface area (Å²) in [6.07, 6.45) is 1.94. The summed E-state index contributed by atoms with van der Waals surface area (Å²) in [5.41, 5.74) is -0.000100. The molecule has 0 aliphatic rings. The Labute approximate surface area is 138 Å². The van der Waals surface area contributed by atoms with E-state index in [4.69, 9.17) is 10.5 Å². The van der Waals surface area contributed by atoms with E-state index < -0.39 is 24.2 Å². The van der Waals surface area contributed by atoms with Crippen LogP contribution in [0.1, 0.15) is 21.6 Å². The van der Waals surface area contributed by atoms with Gasteiger partial charge in [-0.25, -0.2) is 19.6 Å². The van der Waals surface area contributed by atoms with Crippen LogP contribution in [0.2, 0.25) is 0 Å². The Hall–Kier alpha value is -3.39. The molecule has 0 atom stereocenters. The van der Waals surface area contributed by atoms with E-state index in [1.807, 2.05) is 0 Å². The van der Waals surface area contributed by atoms with E-state index in [0.29, 0.717) is 6.07 Å². The van der Waals surface area contributed by atoms with Crippen molar-refractivity contribution in [2.75, 3.05) is 0 Å². The number of carbonyl (C=O) groups excluding carboxylic acids is 1.